The molecule has 11 heteroatoms. The first-order valence-corrected chi connectivity index (χ1v) is 19.7. The molecule has 9 nitrogen and oxygen atoms in total. The molecule has 2 saturated heterocycles. The lowest BCUT2D eigenvalue weighted by atomic mass is 9.82. The molecule has 3 amide bonds. The number of fused-ring (bicyclic) bond motifs is 3. The molecule has 2 N–H and O–H groups in total. The molecule has 2 fully saturated rings. The number of β-lactam (4-membered cyclic amide) rings is 1. The number of benzene rings is 3. The van der Waals surface area contributed by atoms with Crippen molar-refractivity contribution in [3.8, 4) is 0 Å². The predicted molar refractivity (Wildman–Crippen MR) is 181 cm³/mol. The lowest BCUT2D eigenvalue weighted by Crippen LogP contribution is -2.48. The Morgan fingerprint density at radius 2 is 1.79 bits per heavy atom. The standard InChI is InChI=1S/C36H40ClN3O6Si/c1-22-34(47(2,3)45)31(18-33(43)39-20-25-7-5-4-6-24(25)16-28(39)21-41)46-36(22)29-17-26(37)10-13-30(29)40(35(36)44)19-23-8-11-27(12-9-23)38-15-14-32(38)42/h4-13,17,22,28,31,34,41,45H,14-16,18-21H2,1-3H3/t22-,28+,31+,34-,36+/m1/s1. The van der Waals surface area contributed by atoms with Gasteiger partial charge in [-0.25, -0.2) is 0 Å². The van der Waals surface area contributed by atoms with E-state index >= 15 is 0 Å². The van der Waals surface area contributed by atoms with Crippen LogP contribution < -0.4 is 9.80 Å². The van der Waals surface area contributed by atoms with E-state index in [-0.39, 0.29) is 43.3 Å². The number of carbonyl (C=O) groups is 3. The molecule has 5 atom stereocenters. The first kappa shape index (κ1) is 32.0. The molecule has 0 radical (unpaired) electrons. The highest BCUT2D eigenvalue weighted by Gasteiger charge is 2.66. The molecule has 3 aromatic rings. The molecule has 4 aliphatic heterocycles. The van der Waals surface area contributed by atoms with E-state index in [2.05, 4.69) is 0 Å². The summed E-state index contributed by atoms with van der Waals surface area (Å²) in [6, 6.07) is 20.6. The molecule has 4 heterocycles. The van der Waals surface area contributed by atoms with Crippen LogP contribution in [-0.4, -0.2) is 66.1 Å². The molecule has 246 valence electrons. The number of amides is 3. The third-order valence-electron chi connectivity index (χ3n) is 10.6. The maximum Gasteiger partial charge on any atom is 0.264 e. The average Bonchev–Trinajstić information content (AvgIpc) is 3.46. The number of halogens is 1. The zero-order valence-corrected chi connectivity index (χ0v) is 28.6. The molecule has 0 saturated carbocycles. The minimum absolute atomic E-state index is 0.0216. The summed E-state index contributed by atoms with van der Waals surface area (Å²) in [5.74, 6) is -0.771. The van der Waals surface area contributed by atoms with Gasteiger partial charge in [-0.2, -0.15) is 0 Å². The molecule has 3 aromatic carbocycles. The van der Waals surface area contributed by atoms with Crippen molar-refractivity contribution in [2.45, 2.75) is 75.7 Å². The van der Waals surface area contributed by atoms with E-state index in [0.717, 1.165) is 22.4 Å². The highest BCUT2D eigenvalue weighted by molar-refractivity contribution is 6.71. The van der Waals surface area contributed by atoms with Gasteiger partial charge in [0.05, 0.1) is 37.4 Å². The molecular weight excluding hydrogens is 634 g/mol. The third-order valence-corrected chi connectivity index (χ3v) is 13.4. The first-order chi connectivity index (χ1) is 22.4. The molecule has 0 unspecified atom stereocenters. The Morgan fingerprint density at radius 1 is 1.06 bits per heavy atom. The van der Waals surface area contributed by atoms with Crippen LogP contribution in [0.15, 0.2) is 66.7 Å². The lowest BCUT2D eigenvalue weighted by molar-refractivity contribution is -0.151. The van der Waals surface area contributed by atoms with Crippen LogP contribution >= 0.6 is 11.6 Å². The van der Waals surface area contributed by atoms with Crippen molar-refractivity contribution in [3.05, 3.63) is 94.0 Å². The molecule has 47 heavy (non-hydrogen) atoms. The van der Waals surface area contributed by atoms with Crippen LogP contribution in [0.25, 0.3) is 0 Å². The highest BCUT2D eigenvalue weighted by atomic mass is 35.5. The number of nitrogens with zero attached hydrogens (tertiary/aromatic N) is 3. The second-order valence-corrected chi connectivity index (χ2v) is 18.3. The zero-order valence-electron chi connectivity index (χ0n) is 26.9. The summed E-state index contributed by atoms with van der Waals surface area (Å²) >= 11 is 6.55. The summed E-state index contributed by atoms with van der Waals surface area (Å²) in [5.41, 5.74) is 3.35. The summed E-state index contributed by atoms with van der Waals surface area (Å²) in [4.78, 5) is 57.6. The van der Waals surface area contributed by atoms with E-state index in [9.17, 15) is 24.3 Å². The topological polar surface area (TPSA) is 111 Å². The van der Waals surface area contributed by atoms with Gasteiger partial charge in [0.15, 0.2) is 13.9 Å². The van der Waals surface area contributed by atoms with Gasteiger partial charge in [-0.05, 0) is 66.5 Å². The van der Waals surface area contributed by atoms with E-state index in [0.29, 0.717) is 42.2 Å². The second kappa shape index (κ2) is 11.9. The predicted octanol–water partition coefficient (Wildman–Crippen LogP) is 4.76. The van der Waals surface area contributed by atoms with Gasteiger partial charge in [0.25, 0.3) is 5.91 Å². The number of rotatable bonds is 7. The van der Waals surface area contributed by atoms with Crippen molar-refractivity contribution in [1.29, 1.82) is 0 Å². The number of hydrogen-bond donors (Lipinski definition) is 2. The number of ether oxygens (including phenoxy) is 1. The second-order valence-electron chi connectivity index (χ2n) is 13.9. The minimum atomic E-state index is -3.01. The monoisotopic (exact) mass is 673 g/mol. The molecule has 0 bridgehead atoms. The Morgan fingerprint density at radius 3 is 2.43 bits per heavy atom. The van der Waals surface area contributed by atoms with Gasteiger partial charge in [-0.3, -0.25) is 14.4 Å². The molecule has 4 aliphatic rings. The van der Waals surface area contributed by atoms with Gasteiger partial charge in [0.2, 0.25) is 11.8 Å². The van der Waals surface area contributed by atoms with Crippen molar-refractivity contribution in [2.75, 3.05) is 23.0 Å². The van der Waals surface area contributed by atoms with E-state index in [4.69, 9.17) is 16.3 Å². The summed E-state index contributed by atoms with van der Waals surface area (Å²) in [5, 5.41) is 10.7. The Hall–Kier alpha value is -3.54. The number of carbonyl (C=O) groups excluding carboxylic acids is 3. The fourth-order valence-electron chi connectivity index (χ4n) is 8.29. The van der Waals surface area contributed by atoms with Crippen LogP contribution in [0.5, 0.6) is 0 Å². The van der Waals surface area contributed by atoms with E-state index in [1.807, 2.05) is 74.6 Å². The van der Waals surface area contributed by atoms with Crippen LogP contribution in [0.1, 0.15) is 42.0 Å². The van der Waals surface area contributed by atoms with Gasteiger partial charge in [0, 0.05) is 47.2 Å². The number of aliphatic hydroxyl groups is 1. The zero-order chi connectivity index (χ0) is 33.2. The lowest BCUT2D eigenvalue weighted by Gasteiger charge is -2.37. The Balaban J connectivity index is 1.20. The highest BCUT2D eigenvalue weighted by Crippen LogP contribution is 2.60. The van der Waals surface area contributed by atoms with Gasteiger partial charge in [-0.1, -0.05) is 54.9 Å². The largest absolute Gasteiger partial charge is 0.432 e. The van der Waals surface area contributed by atoms with Crippen molar-refractivity contribution in [1.82, 2.24) is 4.90 Å². The van der Waals surface area contributed by atoms with Gasteiger partial charge in [-0.15, -0.1) is 0 Å². The summed E-state index contributed by atoms with van der Waals surface area (Å²) in [6.45, 7) is 6.82. The maximum atomic E-state index is 14.7. The van der Waals surface area contributed by atoms with E-state index < -0.39 is 31.5 Å². The van der Waals surface area contributed by atoms with Crippen molar-refractivity contribution in [3.63, 3.8) is 0 Å². The fourth-order valence-corrected chi connectivity index (χ4v) is 11.0. The Kier molecular flexibility index (Phi) is 8.08. The smallest absolute Gasteiger partial charge is 0.264 e. The fraction of sp³-hybridized carbons (Fsp3) is 0.417. The van der Waals surface area contributed by atoms with Gasteiger partial charge < -0.3 is 29.3 Å². The van der Waals surface area contributed by atoms with Crippen molar-refractivity contribution >= 4 is 49.0 Å². The van der Waals surface area contributed by atoms with E-state index in [1.54, 1.807) is 26.8 Å². The number of hydrogen-bond acceptors (Lipinski definition) is 6. The Bertz CT molecular complexity index is 1750. The maximum absolute atomic E-state index is 14.7. The van der Waals surface area contributed by atoms with Crippen LogP contribution in [0.3, 0.4) is 0 Å². The molecule has 1 spiro atoms. The summed E-state index contributed by atoms with van der Waals surface area (Å²) < 4.78 is 6.88. The molecule has 0 aliphatic carbocycles. The SMILES string of the molecule is C[C@@H]1[C@@H]([Si](C)(C)O)[C@H](CC(=O)N2Cc3ccccc3C[C@H]2CO)O[C@@]12C(=O)N(Cc1ccc(N3CCC3=O)cc1)c1ccc(Cl)cc12. The molecular formula is C36H40ClN3O6Si. The Labute approximate surface area is 280 Å². The van der Waals surface area contributed by atoms with Crippen LogP contribution in [0, 0.1) is 5.92 Å². The van der Waals surface area contributed by atoms with Crippen molar-refractivity contribution in [2.24, 2.45) is 5.92 Å². The van der Waals surface area contributed by atoms with Crippen LogP contribution in [0.2, 0.25) is 23.7 Å². The third kappa shape index (κ3) is 5.30. The van der Waals surface area contributed by atoms with E-state index in [1.165, 1.54) is 0 Å². The first-order valence-electron chi connectivity index (χ1n) is 16.3. The van der Waals surface area contributed by atoms with Gasteiger partial charge in [0.1, 0.15) is 0 Å². The van der Waals surface area contributed by atoms with Crippen molar-refractivity contribution < 1.29 is 29.0 Å². The number of anilines is 2. The summed E-state index contributed by atoms with van der Waals surface area (Å²) in [7, 11) is -3.01. The summed E-state index contributed by atoms with van der Waals surface area (Å²) in [6.07, 6.45) is 0.373. The molecule has 7 rings (SSSR count). The van der Waals surface area contributed by atoms with Crippen LogP contribution in [-0.2, 0) is 44.2 Å². The normalized spacial score (nSPS) is 26.9. The molecule has 0 aromatic heterocycles. The quantitative estimate of drug-likeness (QED) is 0.277. The average molecular weight is 674 g/mol. The van der Waals surface area contributed by atoms with Gasteiger partial charge >= 0.3 is 0 Å². The minimum Gasteiger partial charge on any atom is -0.432 e. The van der Waals surface area contributed by atoms with Crippen LogP contribution in [0.4, 0.5) is 11.4 Å². The number of aliphatic hydroxyl groups excluding tert-OH is 1.